The summed E-state index contributed by atoms with van der Waals surface area (Å²) in [5.41, 5.74) is 2.09. The Morgan fingerprint density at radius 3 is 2.65 bits per heavy atom. The summed E-state index contributed by atoms with van der Waals surface area (Å²) in [6.45, 7) is 1.11. The van der Waals surface area contributed by atoms with Crippen LogP contribution in [-0.2, 0) is 0 Å². The second kappa shape index (κ2) is 5.36. The van der Waals surface area contributed by atoms with Crippen molar-refractivity contribution in [2.24, 2.45) is 5.41 Å². The van der Waals surface area contributed by atoms with Crippen LogP contribution in [0, 0.1) is 5.41 Å². The highest BCUT2D eigenvalue weighted by atomic mass is 16.3. The highest BCUT2D eigenvalue weighted by Crippen LogP contribution is 2.37. The van der Waals surface area contributed by atoms with Gasteiger partial charge in [-0.3, -0.25) is 4.98 Å². The predicted molar refractivity (Wildman–Crippen MR) is 70.3 cm³/mol. The quantitative estimate of drug-likeness (QED) is 0.731. The second-order valence-electron chi connectivity index (χ2n) is 4.93. The average Bonchev–Trinajstić information content (AvgIpc) is 2.86. The molecule has 94 valence electrons. The number of hydrogen-bond donors (Lipinski definition) is 3. The molecule has 1 saturated carbocycles. The molecule has 17 heavy (non-hydrogen) atoms. The number of nitrogens with one attached hydrogen (secondary N) is 2. The summed E-state index contributed by atoms with van der Waals surface area (Å²) in [6.07, 6.45) is 8.32. The SMILES string of the molecule is CNc1cncc(NCC2(CO)CCCC2)c1. The standard InChI is InChI=1S/C13H21N3O/c1-14-11-6-12(8-15-7-11)16-9-13(10-17)4-2-3-5-13/h6-8,14,16-17H,2-5,9-10H2,1H3. The lowest BCUT2D eigenvalue weighted by atomic mass is 9.87. The number of aromatic nitrogens is 1. The van der Waals surface area contributed by atoms with E-state index in [0.717, 1.165) is 30.8 Å². The molecule has 0 atom stereocenters. The number of anilines is 2. The van der Waals surface area contributed by atoms with E-state index in [1.54, 1.807) is 6.20 Å². The van der Waals surface area contributed by atoms with E-state index in [1.165, 1.54) is 12.8 Å². The summed E-state index contributed by atoms with van der Waals surface area (Å²) in [7, 11) is 1.88. The summed E-state index contributed by atoms with van der Waals surface area (Å²) >= 11 is 0. The van der Waals surface area contributed by atoms with Crippen molar-refractivity contribution in [3.05, 3.63) is 18.5 Å². The molecule has 4 heteroatoms. The third-order valence-electron chi connectivity index (χ3n) is 3.69. The lowest BCUT2D eigenvalue weighted by Gasteiger charge is -2.27. The van der Waals surface area contributed by atoms with E-state index >= 15 is 0 Å². The van der Waals surface area contributed by atoms with E-state index in [0.29, 0.717) is 0 Å². The molecule has 1 heterocycles. The summed E-state index contributed by atoms with van der Waals surface area (Å²) in [4.78, 5) is 4.16. The number of nitrogens with zero attached hydrogens (tertiary/aromatic N) is 1. The van der Waals surface area contributed by atoms with Crippen molar-refractivity contribution in [3.8, 4) is 0 Å². The molecule has 0 aromatic carbocycles. The summed E-state index contributed by atoms with van der Waals surface area (Å²) in [5, 5.41) is 16.0. The average molecular weight is 235 g/mol. The van der Waals surface area contributed by atoms with Gasteiger partial charge in [-0.15, -0.1) is 0 Å². The Morgan fingerprint density at radius 2 is 2.00 bits per heavy atom. The number of aliphatic hydroxyl groups excluding tert-OH is 1. The first kappa shape index (κ1) is 12.2. The maximum atomic E-state index is 9.53. The van der Waals surface area contributed by atoms with Crippen LogP contribution in [0.3, 0.4) is 0 Å². The van der Waals surface area contributed by atoms with Crippen molar-refractivity contribution in [2.45, 2.75) is 25.7 Å². The zero-order valence-corrected chi connectivity index (χ0v) is 10.4. The minimum atomic E-state index is 0.0790. The molecule has 4 nitrogen and oxygen atoms in total. The molecule has 0 saturated heterocycles. The summed E-state index contributed by atoms with van der Waals surface area (Å²) in [6, 6.07) is 2.03. The van der Waals surface area contributed by atoms with Gasteiger partial charge in [0.25, 0.3) is 0 Å². The van der Waals surface area contributed by atoms with Gasteiger partial charge in [-0.05, 0) is 18.9 Å². The molecule has 1 aromatic rings. The van der Waals surface area contributed by atoms with Crippen LogP contribution >= 0.6 is 0 Å². The molecule has 0 amide bonds. The maximum Gasteiger partial charge on any atom is 0.0547 e. The van der Waals surface area contributed by atoms with Gasteiger partial charge >= 0.3 is 0 Å². The van der Waals surface area contributed by atoms with Gasteiger partial charge in [-0.1, -0.05) is 12.8 Å². The zero-order chi connectivity index (χ0) is 12.1. The summed E-state index contributed by atoms with van der Waals surface area (Å²) in [5.74, 6) is 0. The second-order valence-corrected chi connectivity index (χ2v) is 4.93. The van der Waals surface area contributed by atoms with Crippen LogP contribution in [0.1, 0.15) is 25.7 Å². The van der Waals surface area contributed by atoms with Crippen LogP contribution in [0.15, 0.2) is 18.5 Å². The monoisotopic (exact) mass is 235 g/mol. The van der Waals surface area contributed by atoms with Gasteiger partial charge in [0.05, 0.1) is 30.4 Å². The molecule has 3 N–H and O–H groups in total. The molecule has 1 aromatic heterocycles. The Bertz CT molecular complexity index is 361. The third-order valence-corrected chi connectivity index (χ3v) is 3.69. The highest BCUT2D eigenvalue weighted by molar-refractivity contribution is 5.53. The molecular formula is C13H21N3O. The van der Waals surface area contributed by atoms with Gasteiger partial charge in [0.1, 0.15) is 0 Å². The molecular weight excluding hydrogens is 214 g/mol. The molecule has 1 aliphatic carbocycles. The zero-order valence-electron chi connectivity index (χ0n) is 10.4. The molecule has 1 aliphatic rings. The maximum absolute atomic E-state index is 9.53. The van der Waals surface area contributed by atoms with Gasteiger partial charge in [0.15, 0.2) is 0 Å². The molecule has 0 radical (unpaired) electrons. The largest absolute Gasteiger partial charge is 0.396 e. The Hall–Kier alpha value is -1.29. The van der Waals surface area contributed by atoms with E-state index in [1.807, 2.05) is 19.3 Å². The smallest absolute Gasteiger partial charge is 0.0547 e. The fourth-order valence-corrected chi connectivity index (χ4v) is 2.48. The fourth-order valence-electron chi connectivity index (χ4n) is 2.48. The van der Waals surface area contributed by atoms with Crippen LogP contribution < -0.4 is 10.6 Å². The lowest BCUT2D eigenvalue weighted by molar-refractivity contribution is 0.142. The van der Waals surface area contributed by atoms with Crippen molar-refractivity contribution in [2.75, 3.05) is 30.8 Å². The van der Waals surface area contributed by atoms with Gasteiger partial charge in [-0.2, -0.15) is 0 Å². The van der Waals surface area contributed by atoms with E-state index in [4.69, 9.17) is 0 Å². The number of aliphatic hydroxyl groups is 1. The van der Waals surface area contributed by atoms with Gasteiger partial charge in [0.2, 0.25) is 0 Å². The van der Waals surface area contributed by atoms with Crippen molar-refractivity contribution >= 4 is 11.4 Å². The van der Waals surface area contributed by atoms with E-state index in [-0.39, 0.29) is 12.0 Å². The van der Waals surface area contributed by atoms with Gasteiger partial charge in [-0.25, -0.2) is 0 Å². The van der Waals surface area contributed by atoms with E-state index in [2.05, 4.69) is 15.6 Å². The Labute approximate surface area is 102 Å². The highest BCUT2D eigenvalue weighted by Gasteiger charge is 2.32. The number of rotatable bonds is 5. The van der Waals surface area contributed by atoms with Crippen LogP contribution in [0.4, 0.5) is 11.4 Å². The van der Waals surface area contributed by atoms with Crippen molar-refractivity contribution in [3.63, 3.8) is 0 Å². The Morgan fingerprint density at radius 1 is 1.29 bits per heavy atom. The number of hydrogen-bond acceptors (Lipinski definition) is 4. The molecule has 1 fully saturated rings. The molecule has 0 spiro atoms. The minimum absolute atomic E-state index is 0.0790. The topological polar surface area (TPSA) is 57.2 Å². The predicted octanol–water partition coefficient (Wildman–Crippen LogP) is 2.09. The van der Waals surface area contributed by atoms with Crippen LogP contribution in [0.25, 0.3) is 0 Å². The van der Waals surface area contributed by atoms with Crippen molar-refractivity contribution in [1.29, 1.82) is 0 Å². The Kier molecular flexibility index (Phi) is 3.84. The minimum Gasteiger partial charge on any atom is -0.396 e. The van der Waals surface area contributed by atoms with Crippen LogP contribution in [0.5, 0.6) is 0 Å². The first-order valence-corrected chi connectivity index (χ1v) is 6.26. The summed E-state index contributed by atoms with van der Waals surface area (Å²) < 4.78 is 0. The van der Waals surface area contributed by atoms with Crippen LogP contribution in [-0.4, -0.2) is 30.3 Å². The van der Waals surface area contributed by atoms with E-state index in [9.17, 15) is 5.11 Å². The third kappa shape index (κ3) is 2.88. The van der Waals surface area contributed by atoms with Gasteiger partial charge < -0.3 is 15.7 Å². The Balaban J connectivity index is 1.96. The van der Waals surface area contributed by atoms with Crippen molar-refractivity contribution < 1.29 is 5.11 Å². The molecule has 0 bridgehead atoms. The normalized spacial score (nSPS) is 18.0. The van der Waals surface area contributed by atoms with E-state index < -0.39 is 0 Å². The van der Waals surface area contributed by atoms with Gasteiger partial charge in [0, 0.05) is 19.0 Å². The molecule has 0 aliphatic heterocycles. The first-order chi connectivity index (χ1) is 8.28. The lowest BCUT2D eigenvalue weighted by Crippen LogP contribution is -2.30. The number of pyridine rings is 1. The molecule has 2 rings (SSSR count). The molecule has 0 unspecified atom stereocenters. The first-order valence-electron chi connectivity index (χ1n) is 6.26. The van der Waals surface area contributed by atoms with Crippen LogP contribution in [0.2, 0.25) is 0 Å². The van der Waals surface area contributed by atoms with Crippen molar-refractivity contribution in [1.82, 2.24) is 4.98 Å². The fraction of sp³-hybridized carbons (Fsp3) is 0.615.